The third-order valence-corrected chi connectivity index (χ3v) is 3.94. The molecule has 2 N–H and O–H groups in total. The van der Waals surface area contributed by atoms with E-state index in [2.05, 4.69) is 12.2 Å². The molecule has 0 spiro atoms. The molecule has 1 aromatic rings. The summed E-state index contributed by atoms with van der Waals surface area (Å²) in [7, 11) is 1.65. The molecule has 1 aliphatic heterocycles. The minimum Gasteiger partial charge on any atom is -0.496 e. The van der Waals surface area contributed by atoms with Crippen LogP contribution in [0.3, 0.4) is 0 Å². The van der Waals surface area contributed by atoms with Gasteiger partial charge in [-0.25, -0.2) is 0 Å². The lowest BCUT2D eigenvalue weighted by Gasteiger charge is -2.27. The van der Waals surface area contributed by atoms with Gasteiger partial charge in [0.15, 0.2) is 6.54 Å². The van der Waals surface area contributed by atoms with E-state index >= 15 is 0 Å². The maximum Gasteiger partial charge on any atom is 0.275 e. The van der Waals surface area contributed by atoms with Gasteiger partial charge in [0.25, 0.3) is 5.91 Å². The lowest BCUT2D eigenvalue weighted by molar-refractivity contribution is -0.900. The zero-order chi connectivity index (χ0) is 14.4. The number of quaternary nitrogens is 1. The summed E-state index contributed by atoms with van der Waals surface area (Å²) < 4.78 is 5.29. The summed E-state index contributed by atoms with van der Waals surface area (Å²) in [5.74, 6) is 1.69. The number of piperidine rings is 1. The third-order valence-electron chi connectivity index (χ3n) is 3.94. The van der Waals surface area contributed by atoms with Gasteiger partial charge in [-0.05, 0) is 18.9 Å². The largest absolute Gasteiger partial charge is 0.496 e. The van der Waals surface area contributed by atoms with E-state index in [1.54, 1.807) is 7.11 Å². The SMILES string of the molecule is COc1ccccc1CNC(=O)C[NH+]1CCC[C@@H](C)C1. The molecule has 0 aliphatic carbocycles. The maximum atomic E-state index is 12.0. The fourth-order valence-corrected chi connectivity index (χ4v) is 2.89. The summed E-state index contributed by atoms with van der Waals surface area (Å²) in [4.78, 5) is 13.4. The van der Waals surface area contributed by atoms with Crippen LogP contribution in [0.15, 0.2) is 24.3 Å². The number of ether oxygens (including phenoxy) is 1. The molecule has 110 valence electrons. The van der Waals surface area contributed by atoms with Crippen molar-refractivity contribution in [2.45, 2.75) is 26.3 Å². The first-order valence-electron chi connectivity index (χ1n) is 7.41. The maximum absolute atomic E-state index is 12.0. The summed E-state index contributed by atoms with van der Waals surface area (Å²) in [5.41, 5.74) is 1.02. The lowest BCUT2D eigenvalue weighted by Crippen LogP contribution is -3.14. The Kier molecular flexibility index (Phi) is 5.41. The van der Waals surface area contributed by atoms with Crippen LogP contribution < -0.4 is 15.0 Å². The summed E-state index contributed by atoms with van der Waals surface area (Å²) in [6, 6.07) is 7.79. The first-order valence-corrected chi connectivity index (χ1v) is 7.41. The summed E-state index contributed by atoms with van der Waals surface area (Å²) in [6.45, 7) is 5.62. The van der Waals surface area contributed by atoms with E-state index in [-0.39, 0.29) is 5.91 Å². The van der Waals surface area contributed by atoms with Crippen molar-refractivity contribution in [1.82, 2.24) is 5.32 Å². The predicted molar refractivity (Wildman–Crippen MR) is 78.8 cm³/mol. The Labute approximate surface area is 121 Å². The molecule has 20 heavy (non-hydrogen) atoms. The number of rotatable bonds is 5. The average molecular weight is 277 g/mol. The molecular formula is C16H25N2O2+. The van der Waals surface area contributed by atoms with Gasteiger partial charge in [-0.15, -0.1) is 0 Å². The minimum atomic E-state index is 0.125. The Morgan fingerprint density at radius 1 is 1.45 bits per heavy atom. The molecule has 1 fully saturated rings. The zero-order valence-electron chi connectivity index (χ0n) is 12.4. The molecule has 2 rings (SSSR count). The van der Waals surface area contributed by atoms with Crippen LogP contribution in [0.25, 0.3) is 0 Å². The van der Waals surface area contributed by atoms with E-state index in [4.69, 9.17) is 4.74 Å². The Balaban J connectivity index is 1.80. The van der Waals surface area contributed by atoms with Crippen LogP contribution in [0.1, 0.15) is 25.3 Å². The molecule has 0 aromatic heterocycles. The van der Waals surface area contributed by atoms with Gasteiger partial charge < -0.3 is 15.0 Å². The van der Waals surface area contributed by atoms with Gasteiger partial charge in [-0.2, -0.15) is 0 Å². The number of hydrogen-bond acceptors (Lipinski definition) is 2. The molecule has 0 bridgehead atoms. The molecule has 2 atom stereocenters. The highest BCUT2D eigenvalue weighted by Gasteiger charge is 2.21. The number of hydrogen-bond donors (Lipinski definition) is 2. The van der Waals surface area contributed by atoms with E-state index in [1.165, 1.54) is 17.7 Å². The topological polar surface area (TPSA) is 42.8 Å². The molecule has 1 aliphatic rings. The summed E-state index contributed by atoms with van der Waals surface area (Å²) in [6.07, 6.45) is 2.53. The molecule has 1 aromatic carbocycles. The van der Waals surface area contributed by atoms with Crippen LogP contribution in [-0.2, 0) is 11.3 Å². The molecular weight excluding hydrogens is 252 g/mol. The van der Waals surface area contributed by atoms with Gasteiger partial charge in [-0.3, -0.25) is 4.79 Å². The van der Waals surface area contributed by atoms with E-state index in [0.717, 1.165) is 30.3 Å². The molecule has 1 heterocycles. The third kappa shape index (κ3) is 4.23. The number of carbonyl (C=O) groups excluding carboxylic acids is 1. The van der Waals surface area contributed by atoms with Crippen molar-refractivity contribution in [1.29, 1.82) is 0 Å². The van der Waals surface area contributed by atoms with Crippen molar-refractivity contribution in [3.63, 3.8) is 0 Å². The Bertz CT molecular complexity index is 448. The predicted octanol–water partition coefficient (Wildman–Crippen LogP) is 0.626. The van der Waals surface area contributed by atoms with Crippen LogP contribution in [0.2, 0.25) is 0 Å². The monoisotopic (exact) mass is 277 g/mol. The van der Waals surface area contributed by atoms with Gasteiger partial charge in [0.05, 0.1) is 20.2 Å². The minimum absolute atomic E-state index is 0.125. The van der Waals surface area contributed by atoms with E-state index in [1.807, 2.05) is 24.3 Å². The van der Waals surface area contributed by atoms with Gasteiger partial charge in [0.2, 0.25) is 0 Å². The second kappa shape index (κ2) is 7.29. The smallest absolute Gasteiger partial charge is 0.275 e. The van der Waals surface area contributed by atoms with E-state index in [9.17, 15) is 4.79 Å². The van der Waals surface area contributed by atoms with Crippen molar-refractivity contribution >= 4 is 5.91 Å². The number of amides is 1. The quantitative estimate of drug-likeness (QED) is 0.829. The summed E-state index contributed by atoms with van der Waals surface area (Å²) in [5, 5.41) is 3.00. The highest BCUT2D eigenvalue weighted by atomic mass is 16.5. The Hall–Kier alpha value is -1.55. The van der Waals surface area contributed by atoms with Gasteiger partial charge >= 0.3 is 0 Å². The van der Waals surface area contributed by atoms with Crippen molar-refractivity contribution in [2.24, 2.45) is 5.92 Å². The van der Waals surface area contributed by atoms with Gasteiger partial charge in [0, 0.05) is 18.0 Å². The number of likely N-dealkylation sites (tertiary alicyclic amines) is 1. The number of benzene rings is 1. The molecule has 0 saturated carbocycles. The Morgan fingerprint density at radius 2 is 2.25 bits per heavy atom. The molecule has 4 nitrogen and oxygen atoms in total. The van der Waals surface area contributed by atoms with Crippen LogP contribution >= 0.6 is 0 Å². The highest BCUT2D eigenvalue weighted by Crippen LogP contribution is 2.16. The fourth-order valence-electron chi connectivity index (χ4n) is 2.89. The zero-order valence-corrected chi connectivity index (χ0v) is 12.4. The number of nitrogens with one attached hydrogen (secondary N) is 2. The van der Waals surface area contributed by atoms with Crippen molar-refractivity contribution < 1.29 is 14.4 Å². The Morgan fingerprint density at radius 3 is 3.00 bits per heavy atom. The molecule has 1 amide bonds. The van der Waals surface area contributed by atoms with Crippen LogP contribution in [0.4, 0.5) is 0 Å². The van der Waals surface area contributed by atoms with Crippen molar-refractivity contribution in [3.05, 3.63) is 29.8 Å². The van der Waals surface area contributed by atoms with Crippen LogP contribution in [-0.4, -0.2) is 32.7 Å². The molecule has 0 radical (unpaired) electrons. The average Bonchev–Trinajstić information content (AvgIpc) is 2.45. The van der Waals surface area contributed by atoms with E-state index in [0.29, 0.717) is 13.1 Å². The van der Waals surface area contributed by atoms with Gasteiger partial charge in [-0.1, -0.05) is 25.1 Å². The molecule has 1 unspecified atom stereocenters. The highest BCUT2D eigenvalue weighted by molar-refractivity contribution is 5.76. The second-order valence-corrected chi connectivity index (χ2v) is 5.72. The van der Waals surface area contributed by atoms with Crippen molar-refractivity contribution in [2.75, 3.05) is 26.7 Å². The molecule has 1 saturated heterocycles. The first-order chi connectivity index (χ1) is 9.69. The fraction of sp³-hybridized carbons (Fsp3) is 0.562. The summed E-state index contributed by atoms with van der Waals surface area (Å²) >= 11 is 0. The lowest BCUT2D eigenvalue weighted by atomic mass is 10.0. The number of carbonyl (C=O) groups is 1. The number of para-hydroxylation sites is 1. The standard InChI is InChI=1S/C16H24N2O2/c1-13-6-5-9-18(11-13)12-16(19)17-10-14-7-3-4-8-15(14)20-2/h3-4,7-8,13H,5-6,9-12H2,1-2H3,(H,17,19)/p+1/t13-/m1/s1. The first kappa shape index (κ1) is 14.9. The van der Waals surface area contributed by atoms with E-state index < -0.39 is 0 Å². The number of methoxy groups -OCH3 is 1. The van der Waals surface area contributed by atoms with Gasteiger partial charge in [0.1, 0.15) is 5.75 Å². The normalized spacial score (nSPS) is 22.3. The van der Waals surface area contributed by atoms with Crippen LogP contribution in [0.5, 0.6) is 5.75 Å². The van der Waals surface area contributed by atoms with Crippen molar-refractivity contribution in [3.8, 4) is 5.75 Å². The second-order valence-electron chi connectivity index (χ2n) is 5.72. The van der Waals surface area contributed by atoms with Crippen LogP contribution in [0, 0.1) is 5.92 Å². The molecule has 4 heteroatoms.